The van der Waals surface area contributed by atoms with Crippen molar-refractivity contribution in [3.63, 3.8) is 0 Å². The second kappa shape index (κ2) is 5.19. The van der Waals surface area contributed by atoms with Crippen molar-refractivity contribution in [3.05, 3.63) is 52.5 Å². The van der Waals surface area contributed by atoms with Crippen molar-refractivity contribution in [2.45, 2.75) is 17.7 Å². The van der Waals surface area contributed by atoms with Crippen LogP contribution < -0.4 is 10.5 Å². The van der Waals surface area contributed by atoms with Gasteiger partial charge in [-0.3, -0.25) is 5.10 Å². The van der Waals surface area contributed by atoms with Gasteiger partial charge in [0.05, 0.1) is 5.92 Å². The number of thioether (sulfide) groups is 1. The topological polar surface area (TPSA) is 87.7 Å². The van der Waals surface area contributed by atoms with Gasteiger partial charge < -0.3 is 10.5 Å². The quantitative estimate of drug-likeness (QED) is 0.832. The van der Waals surface area contributed by atoms with Crippen LogP contribution in [0.2, 0.25) is 0 Å². The van der Waals surface area contributed by atoms with Crippen LogP contribution in [0.3, 0.4) is 0 Å². The van der Waals surface area contributed by atoms with Crippen molar-refractivity contribution in [2.75, 3.05) is 6.26 Å². The first-order valence-electron chi connectivity index (χ1n) is 6.42. The molecule has 0 spiro atoms. The summed E-state index contributed by atoms with van der Waals surface area (Å²) in [5.41, 5.74) is 9.05. The van der Waals surface area contributed by atoms with E-state index in [0.29, 0.717) is 11.5 Å². The van der Waals surface area contributed by atoms with Crippen LogP contribution in [0.1, 0.15) is 22.7 Å². The van der Waals surface area contributed by atoms with Crippen molar-refractivity contribution in [1.29, 1.82) is 5.26 Å². The van der Waals surface area contributed by atoms with Gasteiger partial charge in [-0.05, 0) is 30.9 Å². The lowest BCUT2D eigenvalue weighted by molar-refractivity contribution is 0.379. The first-order chi connectivity index (χ1) is 10.2. The molecule has 0 saturated carbocycles. The summed E-state index contributed by atoms with van der Waals surface area (Å²) in [6, 6.07) is 10.3. The van der Waals surface area contributed by atoms with Gasteiger partial charge in [-0.15, -0.1) is 16.9 Å². The van der Waals surface area contributed by atoms with Gasteiger partial charge in [0.25, 0.3) is 0 Å². The largest absolute Gasteiger partial charge is 0.420 e. The van der Waals surface area contributed by atoms with Gasteiger partial charge in [0, 0.05) is 16.2 Å². The van der Waals surface area contributed by atoms with Gasteiger partial charge in [-0.1, -0.05) is 12.1 Å². The number of H-pyrrole nitrogens is 1. The SMILES string of the molecule is CSc1ccc([C@H]2C(C#N)=C(N)Oc3n[nH]c(C)c32)cc1. The van der Waals surface area contributed by atoms with Crippen molar-refractivity contribution in [2.24, 2.45) is 5.73 Å². The average Bonchev–Trinajstić information content (AvgIpc) is 2.87. The Kier molecular flexibility index (Phi) is 3.35. The molecule has 106 valence electrons. The normalized spacial score (nSPS) is 17.1. The van der Waals surface area contributed by atoms with Crippen molar-refractivity contribution in [3.8, 4) is 11.9 Å². The number of aromatic amines is 1. The molecular weight excluding hydrogens is 284 g/mol. The number of benzene rings is 1. The zero-order valence-electron chi connectivity index (χ0n) is 11.7. The molecule has 0 radical (unpaired) electrons. The number of aromatic nitrogens is 2. The maximum atomic E-state index is 9.45. The molecule has 5 nitrogen and oxygen atoms in total. The lowest BCUT2D eigenvalue weighted by Crippen LogP contribution is -2.21. The van der Waals surface area contributed by atoms with Crippen LogP contribution in [0, 0.1) is 18.3 Å². The van der Waals surface area contributed by atoms with E-state index >= 15 is 0 Å². The summed E-state index contributed by atoms with van der Waals surface area (Å²) in [5, 5.41) is 16.5. The highest BCUT2D eigenvalue weighted by Gasteiger charge is 2.33. The summed E-state index contributed by atoms with van der Waals surface area (Å²) >= 11 is 1.68. The molecule has 1 atom stereocenters. The van der Waals surface area contributed by atoms with Gasteiger partial charge in [0.15, 0.2) is 0 Å². The number of fused-ring (bicyclic) bond motifs is 1. The van der Waals surface area contributed by atoms with Crippen LogP contribution in [0.25, 0.3) is 0 Å². The Morgan fingerprint density at radius 1 is 1.38 bits per heavy atom. The van der Waals surface area contributed by atoms with E-state index in [1.54, 1.807) is 11.8 Å². The van der Waals surface area contributed by atoms with Crippen molar-refractivity contribution in [1.82, 2.24) is 10.2 Å². The fourth-order valence-corrected chi connectivity index (χ4v) is 2.94. The zero-order valence-corrected chi connectivity index (χ0v) is 12.5. The van der Waals surface area contributed by atoms with Crippen molar-refractivity contribution < 1.29 is 4.74 Å². The van der Waals surface area contributed by atoms with E-state index in [0.717, 1.165) is 16.8 Å². The first-order valence-corrected chi connectivity index (χ1v) is 7.64. The van der Waals surface area contributed by atoms with Gasteiger partial charge in [0.1, 0.15) is 11.6 Å². The molecule has 1 aliphatic heterocycles. The van der Waals surface area contributed by atoms with Gasteiger partial charge in [-0.25, -0.2) is 0 Å². The predicted octanol–water partition coefficient (Wildman–Crippen LogP) is 2.66. The summed E-state index contributed by atoms with van der Waals surface area (Å²) in [6.07, 6.45) is 2.03. The number of hydrogen-bond acceptors (Lipinski definition) is 5. The molecule has 0 fully saturated rings. The monoisotopic (exact) mass is 298 g/mol. The fraction of sp³-hybridized carbons (Fsp3) is 0.200. The van der Waals surface area contributed by atoms with Gasteiger partial charge in [0.2, 0.25) is 11.8 Å². The third kappa shape index (κ3) is 2.16. The number of rotatable bonds is 2. The minimum absolute atomic E-state index is 0.121. The number of aryl methyl sites for hydroxylation is 1. The Morgan fingerprint density at radius 3 is 2.71 bits per heavy atom. The average molecular weight is 298 g/mol. The van der Waals surface area contributed by atoms with E-state index in [1.807, 2.05) is 37.4 Å². The van der Waals surface area contributed by atoms with Gasteiger partial charge >= 0.3 is 0 Å². The van der Waals surface area contributed by atoms with E-state index in [1.165, 1.54) is 4.90 Å². The van der Waals surface area contributed by atoms with E-state index in [-0.39, 0.29) is 11.8 Å². The molecule has 0 aliphatic carbocycles. The number of nitriles is 1. The van der Waals surface area contributed by atoms with Crippen LogP contribution in [-0.4, -0.2) is 16.5 Å². The molecule has 2 heterocycles. The van der Waals surface area contributed by atoms with Crippen LogP contribution in [0.15, 0.2) is 40.6 Å². The van der Waals surface area contributed by atoms with E-state index in [9.17, 15) is 5.26 Å². The molecule has 1 aromatic heterocycles. The summed E-state index contributed by atoms with van der Waals surface area (Å²) in [6.45, 7) is 1.91. The molecule has 1 aromatic carbocycles. The smallest absolute Gasteiger partial charge is 0.244 e. The number of nitrogens with one attached hydrogen (secondary N) is 1. The summed E-state index contributed by atoms with van der Waals surface area (Å²) in [4.78, 5) is 1.17. The molecule has 21 heavy (non-hydrogen) atoms. The molecule has 3 rings (SSSR count). The minimum atomic E-state index is -0.242. The molecule has 0 bridgehead atoms. The molecule has 3 N–H and O–H groups in total. The highest BCUT2D eigenvalue weighted by molar-refractivity contribution is 7.98. The maximum absolute atomic E-state index is 9.45. The molecule has 0 unspecified atom stereocenters. The van der Waals surface area contributed by atoms with E-state index in [2.05, 4.69) is 16.3 Å². The van der Waals surface area contributed by atoms with Crippen LogP contribution in [0.4, 0.5) is 0 Å². The second-order valence-corrected chi connectivity index (χ2v) is 5.65. The third-order valence-corrected chi connectivity index (χ3v) is 4.32. The third-order valence-electron chi connectivity index (χ3n) is 3.58. The van der Waals surface area contributed by atoms with Crippen LogP contribution in [-0.2, 0) is 0 Å². The molecular formula is C15H14N4OS. The highest BCUT2D eigenvalue weighted by Crippen LogP contribution is 2.42. The van der Waals surface area contributed by atoms with Crippen LogP contribution >= 0.6 is 11.8 Å². The Bertz CT molecular complexity index is 755. The van der Waals surface area contributed by atoms with Crippen molar-refractivity contribution >= 4 is 11.8 Å². The Morgan fingerprint density at radius 2 is 2.10 bits per heavy atom. The number of nitrogens with zero attached hydrogens (tertiary/aromatic N) is 2. The molecule has 0 amide bonds. The predicted molar refractivity (Wildman–Crippen MR) is 80.8 cm³/mol. The number of allylic oxidation sites excluding steroid dienone is 1. The number of ether oxygens (including phenoxy) is 1. The second-order valence-electron chi connectivity index (χ2n) is 4.77. The van der Waals surface area contributed by atoms with E-state index < -0.39 is 0 Å². The summed E-state index contributed by atoms with van der Waals surface area (Å²) in [5.74, 6) is 0.326. The lowest BCUT2D eigenvalue weighted by atomic mass is 9.84. The zero-order chi connectivity index (χ0) is 15.0. The van der Waals surface area contributed by atoms with Gasteiger partial charge in [-0.2, -0.15) is 5.26 Å². The maximum Gasteiger partial charge on any atom is 0.244 e. The molecule has 1 aliphatic rings. The molecule has 6 heteroatoms. The highest BCUT2D eigenvalue weighted by atomic mass is 32.2. The number of hydrogen-bond donors (Lipinski definition) is 2. The molecule has 0 saturated heterocycles. The Labute approximate surface area is 126 Å². The van der Waals surface area contributed by atoms with E-state index in [4.69, 9.17) is 10.5 Å². The summed E-state index contributed by atoms with van der Waals surface area (Å²) in [7, 11) is 0. The Hall–Kier alpha value is -2.39. The number of nitrogens with two attached hydrogens (primary N) is 1. The summed E-state index contributed by atoms with van der Waals surface area (Å²) < 4.78 is 5.44. The minimum Gasteiger partial charge on any atom is -0.420 e. The van der Waals surface area contributed by atoms with Crippen LogP contribution in [0.5, 0.6) is 5.88 Å². The first kappa shape index (κ1) is 13.6. The Balaban J connectivity index is 2.17. The fourth-order valence-electron chi connectivity index (χ4n) is 2.53. The molecule has 2 aromatic rings. The standard InChI is InChI=1S/C15H14N4OS/c1-8-12-13(9-3-5-10(21-2)6-4-9)11(7-16)14(17)20-15(12)19-18-8/h3-6,13H,17H2,1-2H3,(H,18,19)/t13-/m0/s1. The lowest BCUT2D eigenvalue weighted by Gasteiger charge is -2.23.